The summed E-state index contributed by atoms with van der Waals surface area (Å²) in [5, 5.41) is 21.7. The number of amides is 1. The lowest BCUT2D eigenvalue weighted by molar-refractivity contribution is -0.142. The van der Waals surface area contributed by atoms with Gasteiger partial charge in [-0.1, -0.05) is 24.3 Å². The molecule has 0 aliphatic rings. The summed E-state index contributed by atoms with van der Waals surface area (Å²) in [7, 11) is 5.30. The third kappa shape index (κ3) is 6.66. The minimum absolute atomic E-state index is 0.00252. The van der Waals surface area contributed by atoms with Crippen LogP contribution < -0.4 is 15.1 Å². The van der Waals surface area contributed by atoms with Gasteiger partial charge >= 0.3 is 5.97 Å². The number of azo groups is 1. The van der Waals surface area contributed by atoms with Gasteiger partial charge < -0.3 is 19.5 Å². The fourth-order valence-corrected chi connectivity index (χ4v) is 2.39. The van der Waals surface area contributed by atoms with E-state index in [4.69, 9.17) is 9.47 Å². The number of hydrazone groups is 1. The van der Waals surface area contributed by atoms with Crippen LogP contribution in [-0.2, 0) is 14.3 Å². The van der Waals surface area contributed by atoms with E-state index >= 15 is 0 Å². The molecule has 0 unspecified atom stereocenters. The van der Waals surface area contributed by atoms with Gasteiger partial charge in [-0.2, -0.15) is 5.10 Å². The lowest BCUT2D eigenvalue weighted by Gasteiger charge is -2.11. The number of benzene rings is 2. The molecule has 10 heteroatoms. The van der Waals surface area contributed by atoms with E-state index in [9.17, 15) is 14.7 Å². The summed E-state index contributed by atoms with van der Waals surface area (Å²) in [6.45, 7) is 1.57. The minimum atomic E-state index is -1.11. The van der Waals surface area contributed by atoms with Gasteiger partial charge in [0.25, 0.3) is 5.91 Å². The van der Waals surface area contributed by atoms with Gasteiger partial charge in [-0.15, -0.1) is 10.2 Å². The molecular formula is C22H25N5O5. The number of aliphatic hydroxyl groups excluding tert-OH is 1. The Kier molecular flexibility index (Phi) is 8.91. The van der Waals surface area contributed by atoms with E-state index < -0.39 is 23.3 Å². The topological polar surface area (TPSA) is 125 Å². The number of carbonyl (C=O) groups excluding carboxylic acids is 2. The van der Waals surface area contributed by atoms with E-state index in [1.807, 2.05) is 43.3 Å². The molecule has 0 bridgehead atoms. The number of anilines is 1. The summed E-state index contributed by atoms with van der Waals surface area (Å²) in [5.74, 6) is -2.66. The zero-order valence-corrected chi connectivity index (χ0v) is 18.3. The van der Waals surface area contributed by atoms with Crippen LogP contribution in [0.25, 0.3) is 0 Å². The monoisotopic (exact) mass is 439 g/mol. The first-order chi connectivity index (χ1) is 15.4. The maximum Gasteiger partial charge on any atom is 0.376 e. The van der Waals surface area contributed by atoms with Gasteiger partial charge in [0, 0.05) is 19.8 Å². The third-order valence-corrected chi connectivity index (χ3v) is 4.04. The van der Waals surface area contributed by atoms with E-state index in [1.165, 1.54) is 13.3 Å². The summed E-state index contributed by atoms with van der Waals surface area (Å²) in [6, 6.07) is 14.1. The summed E-state index contributed by atoms with van der Waals surface area (Å²) in [4.78, 5) is 26.4. The summed E-state index contributed by atoms with van der Waals surface area (Å²) in [5.41, 5.74) is 3.59. The SMILES string of the molecule is CCOC(=O)/C(O)=C(\N=Nc1ccccc1OC)C(=O)N/N=C\c1ccc(N(C)C)cc1. The second-order valence-electron chi connectivity index (χ2n) is 6.47. The normalized spacial score (nSPS) is 11.9. The van der Waals surface area contributed by atoms with Crippen LogP contribution in [0.4, 0.5) is 11.4 Å². The first-order valence-electron chi connectivity index (χ1n) is 9.63. The van der Waals surface area contributed by atoms with Gasteiger partial charge in [0.15, 0.2) is 0 Å². The number of carbonyl (C=O) groups is 2. The van der Waals surface area contributed by atoms with Crippen LogP contribution in [0.1, 0.15) is 12.5 Å². The Morgan fingerprint density at radius 2 is 1.81 bits per heavy atom. The van der Waals surface area contributed by atoms with E-state index in [2.05, 4.69) is 20.8 Å². The predicted octanol–water partition coefficient (Wildman–Crippen LogP) is 3.33. The van der Waals surface area contributed by atoms with Gasteiger partial charge in [0.1, 0.15) is 11.4 Å². The Bertz CT molecular complexity index is 1030. The maximum absolute atomic E-state index is 12.6. The lowest BCUT2D eigenvalue weighted by atomic mass is 10.2. The maximum atomic E-state index is 12.6. The lowest BCUT2D eigenvalue weighted by Crippen LogP contribution is -2.22. The molecule has 2 aromatic rings. The molecule has 2 N–H and O–H groups in total. The van der Waals surface area contributed by atoms with Gasteiger partial charge in [-0.05, 0) is 36.8 Å². The number of rotatable bonds is 9. The molecule has 0 saturated heterocycles. The van der Waals surface area contributed by atoms with Crippen LogP contribution in [0, 0.1) is 0 Å². The molecule has 0 saturated carbocycles. The van der Waals surface area contributed by atoms with Crippen molar-refractivity contribution in [1.29, 1.82) is 0 Å². The first-order valence-corrected chi connectivity index (χ1v) is 9.63. The number of hydrogen-bond acceptors (Lipinski definition) is 9. The molecule has 0 heterocycles. The highest BCUT2D eigenvalue weighted by molar-refractivity contribution is 6.01. The summed E-state index contributed by atoms with van der Waals surface area (Å²) in [6.07, 6.45) is 1.41. The van der Waals surface area contributed by atoms with Crippen molar-refractivity contribution in [3.8, 4) is 5.75 Å². The minimum Gasteiger partial charge on any atom is -0.500 e. The Labute approximate surface area is 185 Å². The predicted molar refractivity (Wildman–Crippen MR) is 120 cm³/mol. The molecule has 0 atom stereocenters. The van der Waals surface area contributed by atoms with Crippen molar-refractivity contribution in [1.82, 2.24) is 5.43 Å². The Morgan fingerprint density at radius 1 is 1.12 bits per heavy atom. The first kappa shape index (κ1) is 24.1. The number of para-hydroxylation sites is 1. The molecule has 10 nitrogen and oxygen atoms in total. The average molecular weight is 439 g/mol. The molecule has 0 aliphatic heterocycles. The molecule has 2 aromatic carbocycles. The van der Waals surface area contributed by atoms with Crippen molar-refractivity contribution in [2.45, 2.75) is 6.92 Å². The Hall–Kier alpha value is -4.21. The molecule has 0 aliphatic carbocycles. The summed E-state index contributed by atoms with van der Waals surface area (Å²) < 4.78 is 9.91. The van der Waals surface area contributed by atoms with Crippen LogP contribution >= 0.6 is 0 Å². The fourth-order valence-electron chi connectivity index (χ4n) is 2.39. The molecular weight excluding hydrogens is 414 g/mol. The fraction of sp³-hybridized carbons (Fsp3) is 0.227. The van der Waals surface area contributed by atoms with Crippen molar-refractivity contribution >= 4 is 29.5 Å². The third-order valence-electron chi connectivity index (χ3n) is 4.04. The second-order valence-corrected chi connectivity index (χ2v) is 6.47. The number of esters is 1. The molecule has 0 spiro atoms. The highest BCUT2D eigenvalue weighted by atomic mass is 16.5. The Balaban J connectivity index is 2.25. The number of aliphatic hydroxyl groups is 1. The highest BCUT2D eigenvalue weighted by Gasteiger charge is 2.22. The number of hydrogen-bond donors (Lipinski definition) is 2. The number of ether oxygens (including phenoxy) is 2. The molecule has 1 amide bonds. The van der Waals surface area contributed by atoms with Crippen molar-refractivity contribution in [3.63, 3.8) is 0 Å². The number of methoxy groups -OCH3 is 1. The van der Waals surface area contributed by atoms with E-state index in [-0.39, 0.29) is 6.61 Å². The van der Waals surface area contributed by atoms with Gasteiger partial charge in [0.2, 0.25) is 11.5 Å². The summed E-state index contributed by atoms with van der Waals surface area (Å²) >= 11 is 0. The molecule has 0 aromatic heterocycles. The smallest absolute Gasteiger partial charge is 0.376 e. The van der Waals surface area contributed by atoms with Gasteiger partial charge in [-0.3, -0.25) is 4.79 Å². The largest absolute Gasteiger partial charge is 0.500 e. The van der Waals surface area contributed by atoms with Gasteiger partial charge in [0.05, 0.1) is 19.9 Å². The van der Waals surface area contributed by atoms with E-state index in [0.717, 1.165) is 11.3 Å². The van der Waals surface area contributed by atoms with Crippen molar-refractivity contribution < 1.29 is 24.2 Å². The van der Waals surface area contributed by atoms with Crippen LogP contribution in [0.15, 0.2) is 75.3 Å². The molecule has 0 radical (unpaired) electrons. The highest BCUT2D eigenvalue weighted by Crippen LogP contribution is 2.27. The zero-order chi connectivity index (χ0) is 23.5. The second kappa shape index (κ2) is 11.8. The van der Waals surface area contributed by atoms with Crippen LogP contribution in [-0.4, -0.2) is 51.0 Å². The molecule has 0 fully saturated rings. The quantitative estimate of drug-likeness (QED) is 0.154. The van der Waals surface area contributed by atoms with Gasteiger partial charge in [-0.25, -0.2) is 10.2 Å². The van der Waals surface area contributed by atoms with E-state index in [0.29, 0.717) is 11.4 Å². The van der Waals surface area contributed by atoms with Crippen LogP contribution in [0.5, 0.6) is 5.75 Å². The Morgan fingerprint density at radius 3 is 2.44 bits per heavy atom. The number of nitrogens with zero attached hydrogens (tertiary/aromatic N) is 4. The molecule has 32 heavy (non-hydrogen) atoms. The van der Waals surface area contributed by atoms with Crippen molar-refractivity contribution in [2.75, 3.05) is 32.7 Å². The average Bonchev–Trinajstić information content (AvgIpc) is 2.79. The van der Waals surface area contributed by atoms with Crippen LogP contribution in [0.3, 0.4) is 0 Å². The molecule has 168 valence electrons. The zero-order valence-electron chi connectivity index (χ0n) is 18.3. The number of nitrogens with one attached hydrogen (secondary N) is 1. The van der Waals surface area contributed by atoms with Crippen LogP contribution in [0.2, 0.25) is 0 Å². The standard InChI is InChI=1S/C22H25N5O5/c1-5-32-22(30)20(28)19(25-24-17-8-6-7-9-18(17)31-4)21(29)26-23-14-15-10-12-16(13-11-15)27(2)3/h6-14,28H,5H2,1-4H3,(H,26,29)/b20-19+,23-14-,25-24?. The van der Waals surface area contributed by atoms with Crippen molar-refractivity contribution in [3.05, 3.63) is 65.6 Å². The molecule has 2 rings (SSSR count). The van der Waals surface area contributed by atoms with E-state index in [1.54, 1.807) is 31.2 Å². The van der Waals surface area contributed by atoms with Crippen molar-refractivity contribution in [2.24, 2.45) is 15.3 Å².